The smallest absolute Gasteiger partial charge is 0.238 e. The molecule has 2 aromatic heterocycles. The van der Waals surface area contributed by atoms with Crippen molar-refractivity contribution in [3.05, 3.63) is 59.7 Å². The van der Waals surface area contributed by atoms with E-state index in [-0.39, 0.29) is 0 Å². The molecule has 0 atom stereocenters. The molecule has 3 rings (SSSR count). The molecule has 0 radical (unpaired) electrons. The highest BCUT2D eigenvalue weighted by atomic mass is 16.5. The van der Waals surface area contributed by atoms with Gasteiger partial charge in [0, 0.05) is 6.54 Å². The highest BCUT2D eigenvalue weighted by molar-refractivity contribution is 5.45. The number of hydrogen-bond acceptors (Lipinski definition) is 5. The average Bonchev–Trinajstić information content (AvgIpc) is 3.09. The lowest BCUT2D eigenvalue weighted by Crippen LogP contribution is -2.02. The quantitative estimate of drug-likeness (QED) is 0.774. The van der Waals surface area contributed by atoms with Crippen molar-refractivity contribution in [2.24, 2.45) is 5.73 Å². The van der Waals surface area contributed by atoms with E-state index in [9.17, 15) is 0 Å². The fourth-order valence-electron chi connectivity index (χ4n) is 1.92. The van der Waals surface area contributed by atoms with Gasteiger partial charge in [-0.25, -0.2) is 0 Å². The molecule has 5 heteroatoms. The largest absolute Gasteiger partial charge is 0.461 e. The molecule has 0 saturated heterocycles. The first-order valence-electron chi connectivity index (χ1n) is 6.00. The Bertz CT molecular complexity index is 659. The van der Waals surface area contributed by atoms with Gasteiger partial charge in [-0.1, -0.05) is 29.4 Å². The summed E-state index contributed by atoms with van der Waals surface area (Å²) in [4.78, 5) is 4.31. The molecule has 0 saturated carbocycles. The summed E-state index contributed by atoms with van der Waals surface area (Å²) in [5.41, 5.74) is 7.89. The zero-order chi connectivity index (χ0) is 13.1. The normalized spacial score (nSPS) is 10.8. The highest BCUT2D eigenvalue weighted by Gasteiger charge is 2.12. The Morgan fingerprint density at radius 1 is 1.05 bits per heavy atom. The number of hydrogen-bond donors (Lipinski definition) is 1. The van der Waals surface area contributed by atoms with Crippen molar-refractivity contribution in [3.8, 4) is 11.6 Å². The molecule has 19 heavy (non-hydrogen) atoms. The SMILES string of the molecule is NCc1ccccc1Cc1nc(-c2ccco2)no1. The van der Waals surface area contributed by atoms with Crippen molar-refractivity contribution in [3.63, 3.8) is 0 Å². The molecule has 0 spiro atoms. The van der Waals surface area contributed by atoms with Crippen molar-refractivity contribution < 1.29 is 8.94 Å². The van der Waals surface area contributed by atoms with E-state index in [1.54, 1.807) is 18.4 Å². The van der Waals surface area contributed by atoms with Gasteiger partial charge in [0.15, 0.2) is 5.76 Å². The lowest BCUT2D eigenvalue weighted by molar-refractivity contribution is 0.384. The molecule has 5 nitrogen and oxygen atoms in total. The van der Waals surface area contributed by atoms with Gasteiger partial charge in [0.05, 0.1) is 12.7 Å². The number of aromatic nitrogens is 2. The summed E-state index contributed by atoms with van der Waals surface area (Å²) in [6, 6.07) is 11.5. The Balaban J connectivity index is 1.84. The summed E-state index contributed by atoms with van der Waals surface area (Å²) in [6.07, 6.45) is 2.15. The van der Waals surface area contributed by atoms with Crippen molar-refractivity contribution in [2.75, 3.05) is 0 Å². The highest BCUT2D eigenvalue weighted by Crippen LogP contribution is 2.18. The first kappa shape index (κ1) is 11.7. The van der Waals surface area contributed by atoms with Crippen LogP contribution in [0.5, 0.6) is 0 Å². The van der Waals surface area contributed by atoms with E-state index in [0.29, 0.717) is 30.4 Å². The van der Waals surface area contributed by atoms with Crippen LogP contribution in [0.25, 0.3) is 11.6 Å². The standard InChI is InChI=1S/C14H13N3O2/c15-9-11-5-2-1-4-10(11)8-13-16-14(17-19-13)12-6-3-7-18-12/h1-7H,8-9,15H2. The number of benzene rings is 1. The summed E-state index contributed by atoms with van der Waals surface area (Å²) in [5, 5.41) is 3.90. The number of nitrogens with zero attached hydrogens (tertiary/aromatic N) is 2. The Labute approximate surface area is 110 Å². The van der Waals surface area contributed by atoms with Gasteiger partial charge in [-0.15, -0.1) is 0 Å². The second-order valence-electron chi connectivity index (χ2n) is 4.14. The predicted octanol–water partition coefficient (Wildman–Crippen LogP) is 2.38. The van der Waals surface area contributed by atoms with Crippen LogP contribution in [0, 0.1) is 0 Å². The van der Waals surface area contributed by atoms with Crippen molar-refractivity contribution >= 4 is 0 Å². The maximum absolute atomic E-state index is 5.71. The molecule has 2 heterocycles. The minimum Gasteiger partial charge on any atom is -0.461 e. The third-order valence-electron chi connectivity index (χ3n) is 2.89. The molecular weight excluding hydrogens is 242 g/mol. The Kier molecular flexibility index (Phi) is 3.12. The predicted molar refractivity (Wildman–Crippen MR) is 69.1 cm³/mol. The van der Waals surface area contributed by atoms with Gasteiger partial charge in [-0.05, 0) is 23.3 Å². The van der Waals surface area contributed by atoms with Gasteiger partial charge < -0.3 is 14.7 Å². The van der Waals surface area contributed by atoms with Gasteiger partial charge in [0.2, 0.25) is 11.7 Å². The third kappa shape index (κ3) is 2.41. The van der Waals surface area contributed by atoms with Crippen LogP contribution in [-0.4, -0.2) is 10.1 Å². The third-order valence-corrected chi connectivity index (χ3v) is 2.89. The van der Waals surface area contributed by atoms with Gasteiger partial charge in [-0.3, -0.25) is 0 Å². The number of rotatable bonds is 4. The molecule has 0 fully saturated rings. The Morgan fingerprint density at radius 3 is 2.63 bits per heavy atom. The summed E-state index contributed by atoms with van der Waals surface area (Å²) >= 11 is 0. The van der Waals surface area contributed by atoms with E-state index in [1.165, 1.54) is 0 Å². The lowest BCUT2D eigenvalue weighted by atomic mass is 10.0. The molecule has 0 bridgehead atoms. The topological polar surface area (TPSA) is 78.1 Å². The maximum Gasteiger partial charge on any atom is 0.238 e. The van der Waals surface area contributed by atoms with E-state index in [4.69, 9.17) is 14.7 Å². The second-order valence-corrected chi connectivity index (χ2v) is 4.14. The molecule has 0 unspecified atom stereocenters. The molecule has 1 aromatic carbocycles. The van der Waals surface area contributed by atoms with Gasteiger partial charge in [0.25, 0.3) is 0 Å². The monoisotopic (exact) mass is 255 g/mol. The van der Waals surface area contributed by atoms with E-state index in [2.05, 4.69) is 10.1 Å². The van der Waals surface area contributed by atoms with Crippen LogP contribution in [0.3, 0.4) is 0 Å². The summed E-state index contributed by atoms with van der Waals surface area (Å²) in [5.74, 6) is 1.61. The van der Waals surface area contributed by atoms with Crippen molar-refractivity contribution in [1.29, 1.82) is 0 Å². The first-order chi connectivity index (χ1) is 9.36. The second kappa shape index (κ2) is 5.07. The van der Waals surface area contributed by atoms with Crippen LogP contribution in [0.4, 0.5) is 0 Å². The minimum absolute atomic E-state index is 0.463. The zero-order valence-corrected chi connectivity index (χ0v) is 10.2. The number of nitrogens with two attached hydrogens (primary N) is 1. The average molecular weight is 255 g/mol. The van der Waals surface area contributed by atoms with Crippen LogP contribution in [-0.2, 0) is 13.0 Å². The fraction of sp³-hybridized carbons (Fsp3) is 0.143. The molecule has 0 aliphatic heterocycles. The molecule has 0 aliphatic carbocycles. The molecule has 96 valence electrons. The Morgan fingerprint density at radius 2 is 1.89 bits per heavy atom. The number of furan rings is 1. The summed E-state index contributed by atoms with van der Waals surface area (Å²) < 4.78 is 10.5. The van der Waals surface area contributed by atoms with Gasteiger partial charge in [-0.2, -0.15) is 4.98 Å². The minimum atomic E-state index is 0.463. The van der Waals surface area contributed by atoms with E-state index in [0.717, 1.165) is 11.1 Å². The van der Waals surface area contributed by atoms with Gasteiger partial charge in [0.1, 0.15) is 0 Å². The maximum atomic E-state index is 5.71. The Hall–Kier alpha value is -2.40. The van der Waals surface area contributed by atoms with Crippen LogP contribution in [0.2, 0.25) is 0 Å². The van der Waals surface area contributed by atoms with E-state index in [1.807, 2.05) is 24.3 Å². The van der Waals surface area contributed by atoms with Crippen molar-refractivity contribution in [2.45, 2.75) is 13.0 Å². The van der Waals surface area contributed by atoms with Crippen LogP contribution in [0.15, 0.2) is 51.6 Å². The zero-order valence-electron chi connectivity index (χ0n) is 10.2. The van der Waals surface area contributed by atoms with Crippen molar-refractivity contribution in [1.82, 2.24) is 10.1 Å². The molecule has 0 amide bonds. The molecule has 2 N–H and O–H groups in total. The van der Waals surface area contributed by atoms with Gasteiger partial charge >= 0.3 is 0 Å². The molecular formula is C14H13N3O2. The summed E-state index contributed by atoms with van der Waals surface area (Å²) in [6.45, 7) is 0.495. The molecule has 0 aliphatic rings. The fourth-order valence-corrected chi connectivity index (χ4v) is 1.92. The first-order valence-corrected chi connectivity index (χ1v) is 6.00. The van der Waals surface area contributed by atoms with E-state index < -0.39 is 0 Å². The van der Waals surface area contributed by atoms with Crippen LogP contribution < -0.4 is 5.73 Å². The summed E-state index contributed by atoms with van der Waals surface area (Å²) in [7, 11) is 0. The lowest BCUT2D eigenvalue weighted by Gasteiger charge is -2.03. The molecule has 3 aromatic rings. The van der Waals surface area contributed by atoms with Crippen LogP contribution in [0.1, 0.15) is 17.0 Å². The van der Waals surface area contributed by atoms with E-state index >= 15 is 0 Å². The van der Waals surface area contributed by atoms with Crippen LogP contribution >= 0.6 is 0 Å².